The molecule has 0 spiro atoms. The minimum absolute atomic E-state index is 0.429. The summed E-state index contributed by atoms with van der Waals surface area (Å²) < 4.78 is 4.37. The van der Waals surface area contributed by atoms with Gasteiger partial charge >= 0.3 is 5.97 Å². The van der Waals surface area contributed by atoms with Gasteiger partial charge in [0.1, 0.15) is 6.20 Å². The minimum atomic E-state index is -1.14. The van der Waals surface area contributed by atoms with Gasteiger partial charge in [0.25, 0.3) is 5.72 Å². The van der Waals surface area contributed by atoms with E-state index in [1.807, 2.05) is 6.92 Å². The molecule has 5 nitrogen and oxygen atoms in total. The first-order valence-corrected chi connectivity index (χ1v) is 5.24. The molecule has 5 heteroatoms. The van der Waals surface area contributed by atoms with E-state index >= 15 is 0 Å². The molecular weight excluding hydrogens is 208 g/mol. The molecule has 1 heterocycles. The van der Waals surface area contributed by atoms with Gasteiger partial charge in [-0.3, -0.25) is 4.79 Å². The molecule has 2 unspecified atom stereocenters. The average molecular weight is 226 g/mol. The molecule has 1 rings (SSSR count). The number of carbonyl (C=O) groups is 1. The Hall–Kier alpha value is -1.33. The normalized spacial score (nSPS) is 27.7. The molecular formula is C11H18N2O3. The van der Waals surface area contributed by atoms with E-state index in [4.69, 9.17) is 4.74 Å². The lowest BCUT2D eigenvalue weighted by atomic mass is 10.1. The number of rotatable bonds is 3. The van der Waals surface area contributed by atoms with E-state index < -0.39 is 16.4 Å². The summed E-state index contributed by atoms with van der Waals surface area (Å²) in [6, 6.07) is 0. The highest BCUT2D eigenvalue weighted by atomic mass is 16.7. The van der Waals surface area contributed by atoms with Crippen LogP contribution in [0.2, 0.25) is 0 Å². The van der Waals surface area contributed by atoms with Gasteiger partial charge in [0, 0.05) is 20.3 Å². The van der Waals surface area contributed by atoms with Crippen LogP contribution < -0.4 is 0 Å². The SMILES string of the molecule is CCC(C)(OC(C)=O)[N+]1([O-])C=CC=CN1C. The summed E-state index contributed by atoms with van der Waals surface area (Å²) >= 11 is 0. The Morgan fingerprint density at radius 1 is 1.56 bits per heavy atom. The van der Waals surface area contributed by atoms with Gasteiger partial charge in [0.15, 0.2) is 0 Å². The average Bonchev–Trinajstić information content (AvgIpc) is 2.21. The van der Waals surface area contributed by atoms with Crippen LogP contribution in [0.1, 0.15) is 27.2 Å². The smallest absolute Gasteiger partial charge is 0.307 e. The number of hydrogen-bond acceptors (Lipinski definition) is 4. The number of esters is 1. The monoisotopic (exact) mass is 226 g/mol. The molecule has 0 radical (unpaired) electrons. The van der Waals surface area contributed by atoms with Crippen molar-refractivity contribution in [1.29, 1.82) is 0 Å². The lowest BCUT2D eigenvalue weighted by Gasteiger charge is -2.54. The van der Waals surface area contributed by atoms with E-state index in [9.17, 15) is 10.0 Å². The maximum absolute atomic E-state index is 12.7. The summed E-state index contributed by atoms with van der Waals surface area (Å²) in [4.78, 5) is 11.1. The van der Waals surface area contributed by atoms with Crippen molar-refractivity contribution in [3.63, 3.8) is 0 Å². The molecule has 90 valence electrons. The van der Waals surface area contributed by atoms with Crippen molar-refractivity contribution >= 4 is 5.97 Å². The van der Waals surface area contributed by atoms with Crippen LogP contribution in [-0.2, 0) is 9.53 Å². The van der Waals surface area contributed by atoms with Crippen LogP contribution in [0.15, 0.2) is 24.6 Å². The number of ether oxygens (including phenoxy) is 1. The lowest BCUT2D eigenvalue weighted by Crippen LogP contribution is -2.63. The van der Waals surface area contributed by atoms with Crippen LogP contribution in [-0.4, -0.2) is 28.5 Å². The molecule has 16 heavy (non-hydrogen) atoms. The van der Waals surface area contributed by atoms with E-state index in [2.05, 4.69) is 0 Å². The molecule has 0 aromatic heterocycles. The van der Waals surface area contributed by atoms with Gasteiger partial charge < -0.3 is 9.94 Å². The Morgan fingerprint density at radius 2 is 2.19 bits per heavy atom. The van der Waals surface area contributed by atoms with E-state index in [0.29, 0.717) is 6.42 Å². The van der Waals surface area contributed by atoms with Crippen molar-refractivity contribution in [2.75, 3.05) is 7.05 Å². The summed E-state index contributed by atoms with van der Waals surface area (Å²) in [5.41, 5.74) is -1.14. The summed E-state index contributed by atoms with van der Waals surface area (Å²) in [5.74, 6) is -0.450. The first kappa shape index (κ1) is 12.7. The number of quaternary nitrogens is 1. The molecule has 1 aliphatic rings. The van der Waals surface area contributed by atoms with Crippen molar-refractivity contribution in [3.8, 4) is 0 Å². The second-order valence-electron chi connectivity index (χ2n) is 4.00. The highest BCUT2D eigenvalue weighted by Gasteiger charge is 2.45. The van der Waals surface area contributed by atoms with Crippen molar-refractivity contribution in [2.45, 2.75) is 32.9 Å². The maximum Gasteiger partial charge on any atom is 0.307 e. The predicted octanol–water partition coefficient (Wildman–Crippen LogP) is 1.88. The van der Waals surface area contributed by atoms with Crippen LogP contribution in [0.4, 0.5) is 0 Å². The van der Waals surface area contributed by atoms with E-state index in [1.54, 1.807) is 32.3 Å². The van der Waals surface area contributed by atoms with Crippen LogP contribution >= 0.6 is 0 Å². The van der Waals surface area contributed by atoms with Crippen LogP contribution in [0, 0.1) is 5.21 Å². The molecule has 0 saturated carbocycles. The van der Waals surface area contributed by atoms with Gasteiger partial charge in [-0.25, -0.2) is 5.01 Å². The Bertz CT molecular complexity index is 340. The van der Waals surface area contributed by atoms with Crippen molar-refractivity contribution in [1.82, 2.24) is 5.01 Å². The molecule has 0 aliphatic carbocycles. The minimum Gasteiger partial charge on any atom is -0.598 e. The molecule has 2 atom stereocenters. The van der Waals surface area contributed by atoms with Crippen molar-refractivity contribution < 1.29 is 14.3 Å². The van der Waals surface area contributed by atoms with Gasteiger partial charge in [-0.1, -0.05) is 6.92 Å². The maximum atomic E-state index is 12.7. The third-order valence-electron chi connectivity index (χ3n) is 2.87. The molecule has 0 N–H and O–H groups in total. The van der Waals surface area contributed by atoms with E-state index in [-0.39, 0.29) is 0 Å². The lowest BCUT2D eigenvalue weighted by molar-refractivity contribution is -1.00. The Morgan fingerprint density at radius 3 is 2.62 bits per heavy atom. The standard InChI is InChI=1S/C11H18N2O3/c1-5-11(3,16-10(2)14)13(15)9-7-6-8-12(13)4/h6-9H,5H2,1-4H3. The summed E-state index contributed by atoms with van der Waals surface area (Å²) in [6.45, 7) is 4.77. The number of carbonyl (C=O) groups excluding carboxylic acids is 1. The second-order valence-corrected chi connectivity index (χ2v) is 4.00. The predicted molar refractivity (Wildman–Crippen MR) is 60.1 cm³/mol. The third kappa shape index (κ3) is 1.96. The molecule has 0 amide bonds. The fourth-order valence-corrected chi connectivity index (χ4v) is 1.71. The third-order valence-corrected chi connectivity index (χ3v) is 2.87. The van der Waals surface area contributed by atoms with E-state index in [0.717, 1.165) is 0 Å². The van der Waals surface area contributed by atoms with Crippen molar-refractivity contribution in [3.05, 3.63) is 29.8 Å². The van der Waals surface area contributed by atoms with Gasteiger partial charge in [-0.15, -0.1) is 0 Å². The molecule has 0 bridgehead atoms. The second kappa shape index (κ2) is 4.27. The van der Waals surface area contributed by atoms with Gasteiger partial charge in [-0.05, 0) is 12.2 Å². The number of hydroxylamine groups is 2. The number of allylic oxidation sites excluding steroid dienone is 2. The molecule has 0 fully saturated rings. The molecule has 0 saturated heterocycles. The molecule has 0 aromatic rings. The Balaban J connectivity index is 3.07. The largest absolute Gasteiger partial charge is 0.598 e. The number of hydrogen-bond donors (Lipinski definition) is 0. The summed E-state index contributed by atoms with van der Waals surface area (Å²) in [7, 11) is 1.66. The highest BCUT2D eigenvalue weighted by molar-refractivity contribution is 5.66. The Kier molecular flexibility index (Phi) is 3.40. The fraction of sp³-hybridized carbons (Fsp3) is 0.545. The summed E-state index contributed by atoms with van der Waals surface area (Å²) in [6.07, 6.45) is 6.97. The topological polar surface area (TPSA) is 52.6 Å². The van der Waals surface area contributed by atoms with Crippen molar-refractivity contribution in [2.24, 2.45) is 0 Å². The molecule has 0 aromatic carbocycles. The first-order chi connectivity index (χ1) is 7.35. The van der Waals surface area contributed by atoms with Crippen LogP contribution in [0.5, 0.6) is 0 Å². The Labute approximate surface area is 95.7 Å². The van der Waals surface area contributed by atoms with Gasteiger partial charge in [0.05, 0.1) is 13.2 Å². The fourth-order valence-electron chi connectivity index (χ4n) is 1.71. The summed E-state index contributed by atoms with van der Waals surface area (Å²) in [5, 5.41) is 14.2. The highest BCUT2D eigenvalue weighted by Crippen LogP contribution is 2.33. The van der Waals surface area contributed by atoms with Gasteiger partial charge in [-0.2, -0.15) is 4.76 Å². The molecule has 1 aliphatic heterocycles. The van der Waals surface area contributed by atoms with Crippen LogP contribution in [0.25, 0.3) is 0 Å². The quantitative estimate of drug-likeness (QED) is 0.419. The zero-order valence-corrected chi connectivity index (χ0v) is 10.1. The van der Waals surface area contributed by atoms with E-state index in [1.165, 1.54) is 18.1 Å². The zero-order valence-electron chi connectivity index (χ0n) is 10.1. The zero-order chi connectivity index (χ0) is 12.4. The number of nitrogens with zero attached hydrogens (tertiary/aromatic N) is 2. The van der Waals surface area contributed by atoms with Crippen LogP contribution in [0.3, 0.4) is 0 Å². The van der Waals surface area contributed by atoms with Gasteiger partial charge in [0.2, 0.25) is 0 Å². The first-order valence-electron chi connectivity index (χ1n) is 5.24.